The van der Waals surface area contributed by atoms with Gasteiger partial charge in [-0.2, -0.15) is 0 Å². The highest BCUT2D eigenvalue weighted by atomic mass is 35.5. The van der Waals surface area contributed by atoms with E-state index in [4.69, 9.17) is 17.3 Å². The summed E-state index contributed by atoms with van der Waals surface area (Å²) < 4.78 is 12.5. The minimum atomic E-state index is -0.309. The Labute approximate surface area is 70.0 Å². The molecule has 0 fully saturated rings. The first-order valence-electron chi connectivity index (χ1n) is 3.38. The Kier molecular flexibility index (Phi) is 2.85. The first-order valence-corrected chi connectivity index (χ1v) is 3.76. The van der Waals surface area contributed by atoms with Crippen molar-refractivity contribution >= 4 is 11.6 Å². The van der Waals surface area contributed by atoms with E-state index in [0.717, 1.165) is 5.56 Å². The molecule has 0 heterocycles. The number of halogens is 2. The third-order valence-electron chi connectivity index (χ3n) is 1.43. The van der Waals surface area contributed by atoms with Gasteiger partial charge in [-0.25, -0.2) is 4.39 Å². The predicted octanol–water partition coefficient (Wildman–Crippen LogP) is 1.98. The van der Waals surface area contributed by atoms with E-state index >= 15 is 0 Å². The van der Waals surface area contributed by atoms with Gasteiger partial charge in [0, 0.05) is 5.02 Å². The van der Waals surface area contributed by atoms with E-state index in [1.165, 1.54) is 12.1 Å². The second-order valence-electron chi connectivity index (χ2n) is 2.27. The van der Waals surface area contributed by atoms with Crippen molar-refractivity contribution in [2.45, 2.75) is 6.42 Å². The van der Waals surface area contributed by atoms with Gasteiger partial charge in [-0.1, -0.05) is 17.7 Å². The molecule has 0 aliphatic carbocycles. The van der Waals surface area contributed by atoms with Gasteiger partial charge < -0.3 is 5.73 Å². The van der Waals surface area contributed by atoms with Crippen molar-refractivity contribution in [1.82, 2.24) is 0 Å². The fourth-order valence-corrected chi connectivity index (χ4v) is 1.14. The van der Waals surface area contributed by atoms with Crippen LogP contribution in [0, 0.1) is 5.82 Å². The number of hydrogen-bond acceptors (Lipinski definition) is 1. The van der Waals surface area contributed by atoms with E-state index in [9.17, 15) is 4.39 Å². The van der Waals surface area contributed by atoms with Crippen molar-refractivity contribution in [3.05, 3.63) is 34.6 Å². The van der Waals surface area contributed by atoms with Crippen LogP contribution in [-0.4, -0.2) is 6.54 Å². The van der Waals surface area contributed by atoms with Gasteiger partial charge >= 0.3 is 0 Å². The lowest BCUT2D eigenvalue weighted by Gasteiger charge is -2.00. The van der Waals surface area contributed by atoms with E-state index in [-0.39, 0.29) is 5.82 Å². The molecule has 0 bridgehead atoms. The van der Waals surface area contributed by atoms with Crippen molar-refractivity contribution < 1.29 is 4.39 Å². The molecule has 60 valence electrons. The average Bonchev–Trinajstić information content (AvgIpc) is 1.95. The SMILES string of the molecule is NCCc1ccc(F)cc1Cl. The molecule has 0 radical (unpaired) electrons. The number of nitrogens with two attached hydrogens (primary N) is 1. The number of hydrogen-bond donors (Lipinski definition) is 1. The van der Waals surface area contributed by atoms with E-state index in [2.05, 4.69) is 0 Å². The zero-order valence-electron chi connectivity index (χ0n) is 5.98. The molecule has 0 spiro atoms. The zero-order valence-corrected chi connectivity index (χ0v) is 6.74. The van der Waals surface area contributed by atoms with Crippen molar-refractivity contribution in [1.29, 1.82) is 0 Å². The fourth-order valence-electron chi connectivity index (χ4n) is 0.880. The Morgan fingerprint density at radius 3 is 2.73 bits per heavy atom. The average molecular weight is 174 g/mol. The van der Waals surface area contributed by atoms with Crippen LogP contribution in [0.2, 0.25) is 5.02 Å². The largest absolute Gasteiger partial charge is 0.330 e. The topological polar surface area (TPSA) is 26.0 Å². The Morgan fingerprint density at radius 1 is 1.45 bits per heavy atom. The summed E-state index contributed by atoms with van der Waals surface area (Å²) in [6.07, 6.45) is 0.694. The van der Waals surface area contributed by atoms with Crippen LogP contribution >= 0.6 is 11.6 Å². The summed E-state index contributed by atoms with van der Waals surface area (Å²) in [6, 6.07) is 4.34. The summed E-state index contributed by atoms with van der Waals surface area (Å²) in [5, 5.41) is 0.454. The van der Waals surface area contributed by atoms with Gasteiger partial charge in [-0.3, -0.25) is 0 Å². The lowest BCUT2D eigenvalue weighted by molar-refractivity contribution is 0.627. The maximum absolute atomic E-state index is 12.5. The first kappa shape index (κ1) is 8.50. The highest BCUT2D eigenvalue weighted by Crippen LogP contribution is 2.16. The molecule has 0 aliphatic rings. The maximum Gasteiger partial charge on any atom is 0.124 e. The fraction of sp³-hybridized carbons (Fsp3) is 0.250. The second-order valence-corrected chi connectivity index (χ2v) is 2.68. The Bertz CT molecular complexity index is 250. The second kappa shape index (κ2) is 3.69. The molecule has 1 aromatic carbocycles. The molecule has 2 N–H and O–H groups in total. The van der Waals surface area contributed by atoms with Gasteiger partial charge in [0.1, 0.15) is 5.82 Å². The summed E-state index contributed by atoms with van der Waals surface area (Å²) in [5.74, 6) is -0.309. The summed E-state index contributed by atoms with van der Waals surface area (Å²) >= 11 is 5.71. The van der Waals surface area contributed by atoms with E-state index in [1.807, 2.05) is 0 Å². The molecule has 0 aliphatic heterocycles. The Hall–Kier alpha value is -0.600. The lowest BCUT2D eigenvalue weighted by Crippen LogP contribution is -2.03. The summed E-state index contributed by atoms with van der Waals surface area (Å²) in [7, 11) is 0. The van der Waals surface area contributed by atoms with Crippen molar-refractivity contribution in [3.8, 4) is 0 Å². The van der Waals surface area contributed by atoms with Crippen LogP contribution in [0.1, 0.15) is 5.56 Å². The lowest BCUT2D eigenvalue weighted by atomic mass is 10.1. The van der Waals surface area contributed by atoms with Crippen molar-refractivity contribution in [3.63, 3.8) is 0 Å². The molecule has 1 aromatic rings. The van der Waals surface area contributed by atoms with Crippen LogP contribution in [0.4, 0.5) is 4.39 Å². The highest BCUT2D eigenvalue weighted by molar-refractivity contribution is 6.31. The summed E-state index contributed by atoms with van der Waals surface area (Å²) in [5.41, 5.74) is 6.21. The molecule has 0 atom stereocenters. The molecule has 0 saturated carbocycles. The van der Waals surface area contributed by atoms with E-state index < -0.39 is 0 Å². The quantitative estimate of drug-likeness (QED) is 0.727. The molecule has 0 aromatic heterocycles. The van der Waals surface area contributed by atoms with Gasteiger partial charge in [0.2, 0.25) is 0 Å². The zero-order chi connectivity index (χ0) is 8.27. The van der Waals surface area contributed by atoms with Gasteiger partial charge in [0.05, 0.1) is 0 Å². The van der Waals surface area contributed by atoms with Crippen molar-refractivity contribution in [2.75, 3.05) is 6.54 Å². The van der Waals surface area contributed by atoms with E-state index in [1.54, 1.807) is 6.07 Å². The number of rotatable bonds is 2. The molecule has 11 heavy (non-hydrogen) atoms. The minimum absolute atomic E-state index is 0.309. The Balaban J connectivity index is 2.90. The summed E-state index contributed by atoms with van der Waals surface area (Å²) in [6.45, 7) is 0.533. The van der Waals surface area contributed by atoms with Crippen molar-refractivity contribution in [2.24, 2.45) is 5.73 Å². The smallest absolute Gasteiger partial charge is 0.124 e. The maximum atomic E-state index is 12.5. The number of benzene rings is 1. The minimum Gasteiger partial charge on any atom is -0.330 e. The normalized spacial score (nSPS) is 10.1. The van der Waals surface area contributed by atoms with Crippen LogP contribution in [-0.2, 0) is 6.42 Å². The van der Waals surface area contributed by atoms with Crippen LogP contribution in [0.3, 0.4) is 0 Å². The van der Waals surface area contributed by atoms with Gasteiger partial charge in [0.25, 0.3) is 0 Å². The van der Waals surface area contributed by atoms with Crippen LogP contribution < -0.4 is 5.73 Å². The first-order chi connectivity index (χ1) is 5.24. The molecule has 0 saturated heterocycles. The van der Waals surface area contributed by atoms with Crippen LogP contribution in [0.15, 0.2) is 18.2 Å². The summed E-state index contributed by atoms with van der Waals surface area (Å²) in [4.78, 5) is 0. The van der Waals surface area contributed by atoms with E-state index in [0.29, 0.717) is 18.0 Å². The molecule has 0 amide bonds. The van der Waals surface area contributed by atoms with Crippen LogP contribution in [0.25, 0.3) is 0 Å². The highest BCUT2D eigenvalue weighted by Gasteiger charge is 1.99. The molecular formula is C8H9ClFN. The van der Waals surface area contributed by atoms with Gasteiger partial charge in [0.15, 0.2) is 0 Å². The third-order valence-corrected chi connectivity index (χ3v) is 1.78. The van der Waals surface area contributed by atoms with Gasteiger partial charge in [-0.05, 0) is 30.7 Å². The molecular weight excluding hydrogens is 165 g/mol. The molecule has 1 nitrogen and oxygen atoms in total. The predicted molar refractivity (Wildman–Crippen MR) is 44.2 cm³/mol. The molecule has 3 heteroatoms. The molecule has 0 unspecified atom stereocenters. The third kappa shape index (κ3) is 2.17. The Morgan fingerprint density at radius 2 is 2.18 bits per heavy atom. The standard InChI is InChI=1S/C8H9ClFN/c9-8-5-7(10)2-1-6(8)3-4-11/h1-2,5H,3-4,11H2. The van der Waals surface area contributed by atoms with Crippen LogP contribution in [0.5, 0.6) is 0 Å². The monoisotopic (exact) mass is 173 g/mol. The van der Waals surface area contributed by atoms with Gasteiger partial charge in [-0.15, -0.1) is 0 Å². The molecule has 1 rings (SSSR count).